The third-order valence-corrected chi connectivity index (χ3v) is 3.47. The molecule has 1 aromatic rings. The maximum atomic E-state index is 11.3. The molecular formula is C14H19BrO. The molecule has 1 unspecified atom stereocenters. The van der Waals surface area contributed by atoms with Gasteiger partial charge in [0.25, 0.3) is 0 Å². The van der Waals surface area contributed by atoms with Crippen LogP contribution in [0.3, 0.4) is 0 Å². The molecule has 0 aliphatic rings. The number of carbonyl (C=O) groups excluding carboxylic acids is 1. The lowest BCUT2D eigenvalue weighted by molar-refractivity contribution is -0.118. The molecule has 0 amide bonds. The second-order valence-electron chi connectivity index (χ2n) is 4.09. The van der Waals surface area contributed by atoms with E-state index in [0.717, 1.165) is 17.3 Å². The minimum Gasteiger partial charge on any atom is -0.300 e. The fourth-order valence-electron chi connectivity index (χ4n) is 1.88. The molecule has 0 N–H and O–H groups in total. The molecule has 0 aliphatic carbocycles. The fourth-order valence-corrected chi connectivity index (χ4v) is 2.30. The van der Waals surface area contributed by atoms with Crippen molar-refractivity contribution in [2.75, 3.05) is 0 Å². The predicted octanol–water partition coefficient (Wildman–Crippen LogP) is 4.70. The van der Waals surface area contributed by atoms with Crippen molar-refractivity contribution in [3.63, 3.8) is 0 Å². The summed E-state index contributed by atoms with van der Waals surface area (Å²) in [6, 6.07) is 8.40. The van der Waals surface area contributed by atoms with Crippen LogP contribution in [0.5, 0.6) is 0 Å². The van der Waals surface area contributed by atoms with Gasteiger partial charge in [-0.3, -0.25) is 4.79 Å². The molecule has 2 heteroatoms. The third kappa shape index (κ3) is 4.09. The quantitative estimate of drug-likeness (QED) is 0.739. The summed E-state index contributed by atoms with van der Waals surface area (Å²) in [6.45, 7) is 4.12. The molecule has 1 atom stereocenters. The van der Waals surface area contributed by atoms with Gasteiger partial charge in [-0.2, -0.15) is 0 Å². The van der Waals surface area contributed by atoms with Crippen molar-refractivity contribution < 1.29 is 4.79 Å². The first-order valence-electron chi connectivity index (χ1n) is 5.94. The van der Waals surface area contributed by atoms with Gasteiger partial charge in [0.05, 0.1) is 0 Å². The summed E-state index contributed by atoms with van der Waals surface area (Å²) in [5.74, 6) is 0.876. The number of Topliss-reactive ketones (excluding diaryl/α,β-unsaturated/α-hetero) is 1. The highest BCUT2D eigenvalue weighted by Crippen LogP contribution is 2.27. The first-order chi connectivity index (χ1) is 7.67. The van der Waals surface area contributed by atoms with Crippen LogP contribution >= 0.6 is 15.9 Å². The molecule has 88 valence electrons. The van der Waals surface area contributed by atoms with E-state index in [1.807, 2.05) is 13.0 Å². The zero-order chi connectivity index (χ0) is 12.0. The van der Waals surface area contributed by atoms with Gasteiger partial charge in [-0.25, -0.2) is 0 Å². The van der Waals surface area contributed by atoms with Crippen LogP contribution in [0.1, 0.15) is 51.0 Å². The Morgan fingerprint density at radius 1 is 1.38 bits per heavy atom. The summed E-state index contributed by atoms with van der Waals surface area (Å²) in [5, 5.41) is 0. The van der Waals surface area contributed by atoms with Gasteiger partial charge >= 0.3 is 0 Å². The molecule has 0 saturated heterocycles. The van der Waals surface area contributed by atoms with Crippen molar-refractivity contribution >= 4 is 21.7 Å². The van der Waals surface area contributed by atoms with E-state index in [4.69, 9.17) is 0 Å². The van der Waals surface area contributed by atoms with Gasteiger partial charge in [0.2, 0.25) is 0 Å². The lowest BCUT2D eigenvalue weighted by Gasteiger charge is -2.15. The van der Waals surface area contributed by atoms with Crippen molar-refractivity contribution in [1.29, 1.82) is 0 Å². The molecule has 0 radical (unpaired) electrons. The summed E-state index contributed by atoms with van der Waals surface area (Å²) in [6.07, 6.45) is 3.43. The highest BCUT2D eigenvalue weighted by atomic mass is 79.9. The number of ketones is 1. The molecule has 0 fully saturated rings. The lowest BCUT2D eigenvalue weighted by Crippen LogP contribution is -2.02. The minimum atomic E-state index is 0.369. The monoisotopic (exact) mass is 282 g/mol. The Kier molecular flexibility index (Phi) is 5.75. The van der Waals surface area contributed by atoms with Gasteiger partial charge < -0.3 is 0 Å². The molecule has 0 heterocycles. The van der Waals surface area contributed by atoms with Crippen LogP contribution in [0.4, 0.5) is 0 Å². The second-order valence-corrected chi connectivity index (χ2v) is 5.01. The van der Waals surface area contributed by atoms with Gasteiger partial charge in [0.1, 0.15) is 5.78 Å². The zero-order valence-corrected chi connectivity index (χ0v) is 11.6. The lowest BCUT2D eigenvalue weighted by atomic mass is 9.91. The van der Waals surface area contributed by atoms with Crippen LogP contribution in [-0.2, 0) is 4.79 Å². The van der Waals surface area contributed by atoms with Crippen molar-refractivity contribution in [2.24, 2.45) is 0 Å². The van der Waals surface area contributed by atoms with E-state index in [0.29, 0.717) is 24.5 Å². The SMILES string of the molecule is CCC(=O)CCC(CC)c1cccc(Br)c1. The number of benzene rings is 1. The van der Waals surface area contributed by atoms with Gasteiger partial charge in [0, 0.05) is 17.3 Å². The molecule has 0 saturated carbocycles. The van der Waals surface area contributed by atoms with Crippen molar-refractivity contribution in [3.8, 4) is 0 Å². The van der Waals surface area contributed by atoms with Crippen molar-refractivity contribution in [1.82, 2.24) is 0 Å². The Labute approximate surface area is 106 Å². The second kappa shape index (κ2) is 6.85. The van der Waals surface area contributed by atoms with E-state index in [1.165, 1.54) is 5.56 Å². The Hall–Kier alpha value is -0.630. The first kappa shape index (κ1) is 13.4. The molecule has 0 aliphatic heterocycles. The highest BCUT2D eigenvalue weighted by Gasteiger charge is 2.11. The predicted molar refractivity (Wildman–Crippen MR) is 71.7 cm³/mol. The molecule has 1 rings (SSSR count). The van der Waals surface area contributed by atoms with Crippen LogP contribution in [0.25, 0.3) is 0 Å². The molecule has 1 aromatic carbocycles. The van der Waals surface area contributed by atoms with E-state index in [2.05, 4.69) is 41.1 Å². The van der Waals surface area contributed by atoms with Crippen molar-refractivity contribution in [3.05, 3.63) is 34.3 Å². The summed E-state index contributed by atoms with van der Waals surface area (Å²) in [7, 11) is 0. The standard InChI is InChI=1S/C14H19BrO/c1-3-11(8-9-14(16)4-2)12-6-5-7-13(15)10-12/h5-7,10-11H,3-4,8-9H2,1-2H3. The van der Waals surface area contributed by atoms with Crippen LogP contribution in [0.15, 0.2) is 28.7 Å². The summed E-state index contributed by atoms with van der Waals surface area (Å²) in [5.41, 5.74) is 1.33. The molecule has 0 bridgehead atoms. The topological polar surface area (TPSA) is 17.1 Å². The maximum absolute atomic E-state index is 11.3. The third-order valence-electron chi connectivity index (χ3n) is 2.98. The fraction of sp³-hybridized carbons (Fsp3) is 0.500. The Morgan fingerprint density at radius 3 is 2.69 bits per heavy atom. The molecular weight excluding hydrogens is 264 g/mol. The zero-order valence-electron chi connectivity index (χ0n) is 10.0. The van der Waals surface area contributed by atoms with Gasteiger partial charge in [-0.15, -0.1) is 0 Å². The van der Waals surface area contributed by atoms with Crippen LogP contribution in [0, 0.1) is 0 Å². The summed E-state index contributed by atoms with van der Waals surface area (Å²) < 4.78 is 1.12. The Bertz CT molecular complexity index is 346. The number of halogens is 1. The highest BCUT2D eigenvalue weighted by molar-refractivity contribution is 9.10. The van der Waals surface area contributed by atoms with E-state index in [-0.39, 0.29) is 0 Å². The number of rotatable bonds is 6. The number of hydrogen-bond acceptors (Lipinski definition) is 1. The van der Waals surface area contributed by atoms with E-state index >= 15 is 0 Å². The smallest absolute Gasteiger partial charge is 0.132 e. The van der Waals surface area contributed by atoms with E-state index in [9.17, 15) is 4.79 Å². The molecule has 0 spiro atoms. The largest absolute Gasteiger partial charge is 0.300 e. The minimum absolute atomic E-state index is 0.369. The molecule has 16 heavy (non-hydrogen) atoms. The first-order valence-corrected chi connectivity index (χ1v) is 6.73. The molecule has 1 nitrogen and oxygen atoms in total. The Balaban J connectivity index is 2.64. The average Bonchev–Trinajstić information content (AvgIpc) is 2.29. The molecule has 0 aromatic heterocycles. The number of hydrogen-bond donors (Lipinski definition) is 0. The van der Waals surface area contributed by atoms with Gasteiger partial charge in [0.15, 0.2) is 0 Å². The van der Waals surface area contributed by atoms with E-state index in [1.54, 1.807) is 0 Å². The summed E-state index contributed by atoms with van der Waals surface area (Å²) in [4.78, 5) is 11.3. The van der Waals surface area contributed by atoms with Gasteiger partial charge in [-0.05, 0) is 36.5 Å². The maximum Gasteiger partial charge on any atom is 0.132 e. The Morgan fingerprint density at radius 2 is 2.12 bits per heavy atom. The number of carbonyl (C=O) groups is 1. The normalized spacial score (nSPS) is 12.4. The van der Waals surface area contributed by atoms with Crippen molar-refractivity contribution in [2.45, 2.75) is 45.4 Å². The summed E-state index contributed by atoms with van der Waals surface area (Å²) >= 11 is 3.49. The van der Waals surface area contributed by atoms with Crippen LogP contribution in [0.2, 0.25) is 0 Å². The van der Waals surface area contributed by atoms with Crippen LogP contribution in [-0.4, -0.2) is 5.78 Å². The van der Waals surface area contributed by atoms with Crippen LogP contribution < -0.4 is 0 Å². The van der Waals surface area contributed by atoms with Gasteiger partial charge in [-0.1, -0.05) is 41.9 Å². The van der Waals surface area contributed by atoms with E-state index < -0.39 is 0 Å². The average molecular weight is 283 g/mol.